The molecule has 7 heteroatoms. The maximum Gasteiger partial charge on any atom is 0.417 e. The summed E-state index contributed by atoms with van der Waals surface area (Å²) in [5.41, 5.74) is 5.57. The second-order valence-corrected chi connectivity index (χ2v) is 2.68. The molecule has 0 aliphatic heterocycles. The Labute approximate surface area is 76.3 Å². The summed E-state index contributed by atoms with van der Waals surface area (Å²) in [6.07, 6.45) is 0. The molecule has 0 saturated heterocycles. The van der Waals surface area contributed by atoms with Gasteiger partial charge in [0.15, 0.2) is 5.58 Å². The number of fused-ring (bicyclic) bond motifs is 1. The van der Waals surface area contributed by atoms with Gasteiger partial charge in [0.25, 0.3) is 5.69 Å². The van der Waals surface area contributed by atoms with Crippen LogP contribution in [0.15, 0.2) is 21.3 Å². The second-order valence-electron chi connectivity index (χ2n) is 2.68. The van der Waals surface area contributed by atoms with E-state index in [4.69, 9.17) is 5.73 Å². The summed E-state index contributed by atoms with van der Waals surface area (Å²) in [6.45, 7) is 0. The molecule has 3 N–H and O–H groups in total. The molecule has 2 rings (SSSR count). The maximum atomic E-state index is 10.7. The van der Waals surface area contributed by atoms with Gasteiger partial charge in [0.2, 0.25) is 0 Å². The SMILES string of the molecule is Nc1cc2[nH]c(=O)oc2cc1[N+](=O)[O-]. The number of hydrogen-bond acceptors (Lipinski definition) is 5. The molecule has 0 aliphatic carbocycles. The molecule has 1 aromatic carbocycles. The molecule has 1 aromatic heterocycles. The van der Waals surface area contributed by atoms with Gasteiger partial charge in [0.05, 0.1) is 16.5 Å². The Kier molecular flexibility index (Phi) is 1.53. The van der Waals surface area contributed by atoms with Gasteiger partial charge in [-0.25, -0.2) is 4.79 Å². The molecule has 0 fully saturated rings. The summed E-state index contributed by atoms with van der Waals surface area (Å²) in [4.78, 5) is 22.9. The van der Waals surface area contributed by atoms with Crippen LogP contribution in [0.4, 0.5) is 11.4 Å². The third kappa shape index (κ3) is 1.11. The van der Waals surface area contributed by atoms with Crippen LogP contribution in [-0.4, -0.2) is 9.91 Å². The van der Waals surface area contributed by atoms with Crippen LogP contribution in [-0.2, 0) is 0 Å². The van der Waals surface area contributed by atoms with E-state index in [0.29, 0.717) is 5.52 Å². The van der Waals surface area contributed by atoms with E-state index in [0.717, 1.165) is 6.07 Å². The van der Waals surface area contributed by atoms with Gasteiger partial charge in [0.1, 0.15) is 5.69 Å². The summed E-state index contributed by atoms with van der Waals surface area (Å²) >= 11 is 0. The molecule has 1 heterocycles. The predicted molar refractivity (Wildman–Crippen MR) is 47.9 cm³/mol. The lowest BCUT2D eigenvalue weighted by Gasteiger charge is -1.94. The van der Waals surface area contributed by atoms with Crippen LogP contribution in [0.2, 0.25) is 0 Å². The van der Waals surface area contributed by atoms with Crippen LogP contribution in [0.25, 0.3) is 11.1 Å². The van der Waals surface area contributed by atoms with Crippen molar-refractivity contribution in [3.05, 3.63) is 32.8 Å². The molecule has 14 heavy (non-hydrogen) atoms. The van der Waals surface area contributed by atoms with Crippen molar-refractivity contribution in [3.8, 4) is 0 Å². The van der Waals surface area contributed by atoms with Crippen molar-refractivity contribution >= 4 is 22.5 Å². The van der Waals surface area contributed by atoms with E-state index in [9.17, 15) is 14.9 Å². The molecule has 7 nitrogen and oxygen atoms in total. The molecule has 0 aliphatic rings. The van der Waals surface area contributed by atoms with Crippen molar-refractivity contribution < 1.29 is 9.34 Å². The number of nitrogens with zero attached hydrogens (tertiary/aromatic N) is 1. The summed E-state index contributed by atoms with van der Waals surface area (Å²) in [5.74, 6) is -0.667. The van der Waals surface area contributed by atoms with E-state index in [2.05, 4.69) is 9.40 Å². The summed E-state index contributed by atoms with van der Waals surface area (Å²) < 4.78 is 4.64. The minimum absolute atomic E-state index is 0.0143. The zero-order valence-corrected chi connectivity index (χ0v) is 6.81. The van der Waals surface area contributed by atoms with E-state index < -0.39 is 10.7 Å². The molecular weight excluding hydrogens is 190 g/mol. The first kappa shape index (κ1) is 8.30. The van der Waals surface area contributed by atoms with Crippen LogP contribution in [0.1, 0.15) is 0 Å². The standard InChI is InChI=1S/C7H5N3O4/c8-3-1-4-6(14-7(11)9-4)2-5(3)10(12)13/h1-2H,8H2,(H,9,11). The van der Waals surface area contributed by atoms with Gasteiger partial charge in [0, 0.05) is 0 Å². The van der Waals surface area contributed by atoms with Crippen LogP contribution < -0.4 is 11.5 Å². The normalized spacial score (nSPS) is 10.6. The fourth-order valence-electron chi connectivity index (χ4n) is 1.16. The number of aromatic amines is 1. The molecular formula is C7H5N3O4. The number of H-pyrrole nitrogens is 1. The fourth-order valence-corrected chi connectivity index (χ4v) is 1.16. The Hall–Kier alpha value is -2.31. The number of benzene rings is 1. The van der Waals surface area contributed by atoms with E-state index in [1.165, 1.54) is 6.07 Å². The van der Waals surface area contributed by atoms with Gasteiger partial charge in [-0.15, -0.1) is 0 Å². The van der Waals surface area contributed by atoms with Gasteiger partial charge in [-0.2, -0.15) is 0 Å². The highest BCUT2D eigenvalue weighted by Gasteiger charge is 2.14. The number of nitrogen functional groups attached to an aromatic ring is 1. The van der Waals surface area contributed by atoms with Crippen LogP contribution in [0.3, 0.4) is 0 Å². The van der Waals surface area contributed by atoms with E-state index in [1.54, 1.807) is 0 Å². The number of nitrogens with one attached hydrogen (secondary N) is 1. The van der Waals surface area contributed by atoms with Crippen molar-refractivity contribution in [3.63, 3.8) is 0 Å². The predicted octanol–water partition coefficient (Wildman–Crippen LogP) is 0.611. The Morgan fingerprint density at radius 2 is 2.21 bits per heavy atom. The fraction of sp³-hybridized carbons (Fsp3) is 0. The highest BCUT2D eigenvalue weighted by atomic mass is 16.6. The number of anilines is 1. The number of aromatic nitrogens is 1. The Balaban J connectivity index is 2.82. The molecule has 0 bridgehead atoms. The zero-order chi connectivity index (χ0) is 10.3. The van der Waals surface area contributed by atoms with Crippen LogP contribution in [0.5, 0.6) is 0 Å². The van der Waals surface area contributed by atoms with Crippen molar-refractivity contribution in [1.29, 1.82) is 0 Å². The van der Waals surface area contributed by atoms with Gasteiger partial charge in [-0.05, 0) is 6.07 Å². The van der Waals surface area contributed by atoms with E-state index in [1.807, 2.05) is 0 Å². The van der Waals surface area contributed by atoms with E-state index in [-0.39, 0.29) is 17.0 Å². The average molecular weight is 195 g/mol. The first-order valence-electron chi connectivity index (χ1n) is 3.64. The topological polar surface area (TPSA) is 115 Å². The first-order valence-corrected chi connectivity index (χ1v) is 3.64. The highest BCUT2D eigenvalue weighted by Crippen LogP contribution is 2.25. The molecule has 72 valence electrons. The smallest absolute Gasteiger partial charge is 0.408 e. The third-order valence-corrected chi connectivity index (χ3v) is 1.76. The number of hydrogen-bond donors (Lipinski definition) is 2. The first-order chi connectivity index (χ1) is 6.58. The van der Waals surface area contributed by atoms with E-state index >= 15 is 0 Å². The Bertz CT molecular complexity index is 568. The molecule has 0 radical (unpaired) electrons. The monoisotopic (exact) mass is 195 g/mol. The number of nitro groups is 1. The summed E-state index contributed by atoms with van der Waals surface area (Å²) in [5, 5.41) is 10.5. The molecule has 0 unspecified atom stereocenters. The summed E-state index contributed by atoms with van der Waals surface area (Å²) in [6, 6.07) is 2.40. The molecule has 0 amide bonds. The van der Waals surface area contributed by atoms with Gasteiger partial charge < -0.3 is 10.2 Å². The van der Waals surface area contributed by atoms with Crippen molar-refractivity contribution in [2.24, 2.45) is 0 Å². The number of rotatable bonds is 1. The van der Waals surface area contributed by atoms with Crippen molar-refractivity contribution in [2.75, 3.05) is 5.73 Å². The molecule has 0 saturated carbocycles. The number of nitrogens with two attached hydrogens (primary N) is 1. The lowest BCUT2D eigenvalue weighted by Crippen LogP contribution is -1.95. The number of oxazole rings is 1. The lowest BCUT2D eigenvalue weighted by molar-refractivity contribution is -0.383. The largest absolute Gasteiger partial charge is 0.417 e. The lowest BCUT2D eigenvalue weighted by atomic mass is 10.2. The maximum absolute atomic E-state index is 10.7. The zero-order valence-electron chi connectivity index (χ0n) is 6.81. The molecule has 0 atom stereocenters. The van der Waals surface area contributed by atoms with Crippen LogP contribution in [0, 0.1) is 10.1 Å². The second kappa shape index (κ2) is 2.59. The van der Waals surface area contributed by atoms with Gasteiger partial charge in [-0.3, -0.25) is 15.1 Å². The minimum atomic E-state index is -0.667. The Morgan fingerprint density at radius 3 is 2.86 bits per heavy atom. The third-order valence-electron chi connectivity index (χ3n) is 1.76. The molecule has 0 spiro atoms. The van der Waals surface area contributed by atoms with Crippen molar-refractivity contribution in [2.45, 2.75) is 0 Å². The minimum Gasteiger partial charge on any atom is -0.408 e. The molecule has 2 aromatic rings. The Morgan fingerprint density at radius 1 is 1.50 bits per heavy atom. The van der Waals surface area contributed by atoms with Gasteiger partial charge in [-0.1, -0.05) is 0 Å². The average Bonchev–Trinajstić information content (AvgIpc) is 2.42. The highest BCUT2D eigenvalue weighted by molar-refractivity contribution is 5.82. The number of nitro benzene ring substituents is 1. The van der Waals surface area contributed by atoms with Gasteiger partial charge >= 0.3 is 5.76 Å². The quantitative estimate of drug-likeness (QED) is 0.393. The summed E-state index contributed by atoms with van der Waals surface area (Å²) in [7, 11) is 0. The van der Waals surface area contributed by atoms with Crippen LogP contribution >= 0.6 is 0 Å². The van der Waals surface area contributed by atoms with Crippen molar-refractivity contribution in [1.82, 2.24) is 4.98 Å².